The number of hydrogen-bond donors (Lipinski definition) is 1. The maximum Gasteiger partial charge on any atom is 0.107 e. The van der Waals surface area contributed by atoms with Crippen LogP contribution in [0, 0.1) is 5.92 Å². The minimum Gasteiger partial charge on any atom is -0.384 e. The highest BCUT2D eigenvalue weighted by Gasteiger charge is 2.36. The van der Waals surface area contributed by atoms with Crippen LogP contribution in [0.3, 0.4) is 0 Å². The number of rotatable bonds is 3. The zero-order valence-electron chi connectivity index (χ0n) is 11.3. The predicted molar refractivity (Wildman–Crippen MR) is 76.4 cm³/mol. The normalized spacial score (nSPS) is 29.2. The molecule has 2 unspecified atom stereocenters. The third kappa shape index (κ3) is 2.64. The van der Waals surface area contributed by atoms with Gasteiger partial charge >= 0.3 is 0 Å². The molecule has 1 heterocycles. The summed E-state index contributed by atoms with van der Waals surface area (Å²) in [5, 5.41) is 15.4. The summed E-state index contributed by atoms with van der Waals surface area (Å²) >= 11 is 3.54. The zero-order valence-corrected chi connectivity index (χ0v) is 12.9. The van der Waals surface area contributed by atoms with Crippen LogP contribution in [-0.4, -0.2) is 14.9 Å². The first-order valence-electron chi connectivity index (χ1n) is 7.05. The molecule has 0 saturated heterocycles. The Hall–Kier alpha value is -0.350. The standard InChI is InChI=1S/C14H23BrN2O/c1-3-11-6-5-8-14(18,9-7-11)13-12(15)10-16-17(13)4-2/h10-11,18H,3-9H2,1-2H3. The van der Waals surface area contributed by atoms with Gasteiger partial charge in [0.1, 0.15) is 5.60 Å². The Bertz CT molecular complexity index is 404. The van der Waals surface area contributed by atoms with E-state index in [-0.39, 0.29) is 0 Å². The number of aryl methyl sites for hydroxylation is 1. The van der Waals surface area contributed by atoms with Crippen LogP contribution in [0.4, 0.5) is 0 Å². The Morgan fingerprint density at radius 3 is 2.89 bits per heavy atom. The number of aromatic nitrogens is 2. The molecule has 2 atom stereocenters. The van der Waals surface area contributed by atoms with Gasteiger partial charge in [-0.1, -0.05) is 19.8 Å². The molecule has 0 spiro atoms. The fourth-order valence-corrected chi connectivity index (χ4v) is 3.77. The van der Waals surface area contributed by atoms with Crippen molar-refractivity contribution in [2.24, 2.45) is 5.92 Å². The molecule has 102 valence electrons. The molecule has 1 aliphatic rings. The van der Waals surface area contributed by atoms with E-state index in [1.165, 1.54) is 12.8 Å². The number of aliphatic hydroxyl groups is 1. The van der Waals surface area contributed by atoms with E-state index in [0.717, 1.165) is 48.3 Å². The monoisotopic (exact) mass is 314 g/mol. The van der Waals surface area contributed by atoms with Crippen LogP contribution in [0.1, 0.15) is 58.1 Å². The van der Waals surface area contributed by atoms with Crippen molar-refractivity contribution >= 4 is 15.9 Å². The zero-order chi connectivity index (χ0) is 13.2. The maximum atomic E-state index is 11.0. The van der Waals surface area contributed by atoms with Crippen LogP contribution >= 0.6 is 15.9 Å². The molecule has 18 heavy (non-hydrogen) atoms. The third-order valence-corrected chi connectivity index (χ3v) is 4.86. The summed E-state index contributed by atoms with van der Waals surface area (Å²) in [6.45, 7) is 5.12. The van der Waals surface area contributed by atoms with Gasteiger partial charge in [-0.3, -0.25) is 4.68 Å². The largest absolute Gasteiger partial charge is 0.384 e. The Morgan fingerprint density at radius 2 is 2.22 bits per heavy atom. The van der Waals surface area contributed by atoms with E-state index in [1.807, 2.05) is 4.68 Å². The van der Waals surface area contributed by atoms with Gasteiger partial charge in [-0.2, -0.15) is 5.10 Å². The first kappa shape index (κ1) is 14.1. The smallest absolute Gasteiger partial charge is 0.107 e. The Balaban J connectivity index is 2.27. The second-order valence-electron chi connectivity index (χ2n) is 5.39. The van der Waals surface area contributed by atoms with Crippen molar-refractivity contribution in [1.29, 1.82) is 0 Å². The Kier molecular flexibility index (Phi) is 4.49. The predicted octanol–water partition coefficient (Wildman–Crippen LogP) is 3.84. The highest BCUT2D eigenvalue weighted by molar-refractivity contribution is 9.10. The molecule has 2 rings (SSSR count). The van der Waals surface area contributed by atoms with Gasteiger partial charge in [0.05, 0.1) is 16.4 Å². The van der Waals surface area contributed by atoms with Gasteiger partial charge in [0.25, 0.3) is 0 Å². The molecule has 0 bridgehead atoms. The molecule has 1 saturated carbocycles. The highest BCUT2D eigenvalue weighted by atomic mass is 79.9. The summed E-state index contributed by atoms with van der Waals surface area (Å²) in [6, 6.07) is 0. The van der Waals surface area contributed by atoms with E-state index in [0.29, 0.717) is 0 Å². The molecule has 1 N–H and O–H groups in total. The molecule has 0 amide bonds. The molecule has 0 aromatic carbocycles. The Labute approximate surface area is 118 Å². The summed E-state index contributed by atoms with van der Waals surface area (Å²) in [5.41, 5.74) is 0.275. The van der Waals surface area contributed by atoms with Crippen molar-refractivity contribution in [1.82, 2.24) is 9.78 Å². The van der Waals surface area contributed by atoms with Gasteiger partial charge in [-0.05, 0) is 54.5 Å². The van der Waals surface area contributed by atoms with Gasteiger partial charge < -0.3 is 5.11 Å². The van der Waals surface area contributed by atoms with E-state index in [9.17, 15) is 5.11 Å². The van der Waals surface area contributed by atoms with Gasteiger partial charge in [0.2, 0.25) is 0 Å². The van der Waals surface area contributed by atoms with E-state index in [4.69, 9.17) is 0 Å². The van der Waals surface area contributed by atoms with Crippen LogP contribution in [-0.2, 0) is 12.1 Å². The molecule has 4 heteroatoms. The second-order valence-corrected chi connectivity index (χ2v) is 6.25. The van der Waals surface area contributed by atoms with E-state index >= 15 is 0 Å². The topological polar surface area (TPSA) is 38.1 Å². The van der Waals surface area contributed by atoms with Crippen LogP contribution in [0.5, 0.6) is 0 Å². The first-order chi connectivity index (χ1) is 8.60. The highest BCUT2D eigenvalue weighted by Crippen LogP contribution is 2.41. The van der Waals surface area contributed by atoms with Crippen molar-refractivity contribution in [3.8, 4) is 0 Å². The van der Waals surface area contributed by atoms with Crippen molar-refractivity contribution in [3.05, 3.63) is 16.4 Å². The van der Waals surface area contributed by atoms with Gasteiger partial charge in [0.15, 0.2) is 0 Å². The average Bonchev–Trinajstić information content (AvgIpc) is 2.64. The molecule has 1 aromatic heterocycles. The lowest BCUT2D eigenvalue weighted by Crippen LogP contribution is -2.29. The lowest BCUT2D eigenvalue weighted by atomic mass is 9.89. The summed E-state index contributed by atoms with van der Waals surface area (Å²) in [7, 11) is 0. The molecular formula is C14H23BrN2O. The van der Waals surface area contributed by atoms with Crippen molar-refractivity contribution in [3.63, 3.8) is 0 Å². The van der Waals surface area contributed by atoms with Crippen molar-refractivity contribution in [2.75, 3.05) is 0 Å². The quantitative estimate of drug-likeness (QED) is 0.861. The lowest BCUT2D eigenvalue weighted by Gasteiger charge is -2.28. The molecule has 3 nitrogen and oxygen atoms in total. The number of halogens is 1. The minimum atomic E-state index is -0.699. The van der Waals surface area contributed by atoms with E-state index in [2.05, 4.69) is 34.9 Å². The van der Waals surface area contributed by atoms with Crippen LogP contribution in [0.2, 0.25) is 0 Å². The van der Waals surface area contributed by atoms with Gasteiger partial charge in [-0.25, -0.2) is 0 Å². The molecule has 0 aliphatic heterocycles. The molecule has 1 fully saturated rings. The van der Waals surface area contributed by atoms with Gasteiger partial charge in [-0.15, -0.1) is 0 Å². The maximum absolute atomic E-state index is 11.0. The average molecular weight is 315 g/mol. The first-order valence-corrected chi connectivity index (χ1v) is 7.84. The minimum absolute atomic E-state index is 0.699. The fraction of sp³-hybridized carbons (Fsp3) is 0.786. The van der Waals surface area contributed by atoms with Crippen LogP contribution in [0.25, 0.3) is 0 Å². The summed E-state index contributed by atoms with van der Waals surface area (Å²) in [6.07, 6.45) is 8.22. The fourth-order valence-electron chi connectivity index (χ4n) is 3.11. The molecule has 1 aliphatic carbocycles. The number of nitrogens with zero attached hydrogens (tertiary/aromatic N) is 2. The summed E-state index contributed by atoms with van der Waals surface area (Å²) in [5.74, 6) is 0.774. The molecule has 0 radical (unpaired) electrons. The Morgan fingerprint density at radius 1 is 1.44 bits per heavy atom. The molecular weight excluding hydrogens is 292 g/mol. The number of hydrogen-bond acceptors (Lipinski definition) is 2. The van der Waals surface area contributed by atoms with Crippen LogP contribution in [0.15, 0.2) is 10.7 Å². The summed E-state index contributed by atoms with van der Waals surface area (Å²) < 4.78 is 2.87. The third-order valence-electron chi connectivity index (χ3n) is 4.28. The van der Waals surface area contributed by atoms with Crippen LogP contribution < -0.4 is 0 Å². The second kappa shape index (κ2) is 5.74. The molecule has 1 aromatic rings. The SMILES string of the molecule is CCC1CCCC(O)(c2c(Br)cnn2CC)CC1. The summed E-state index contributed by atoms with van der Waals surface area (Å²) in [4.78, 5) is 0. The van der Waals surface area contributed by atoms with E-state index in [1.54, 1.807) is 6.20 Å². The lowest BCUT2D eigenvalue weighted by molar-refractivity contribution is 0.0102. The van der Waals surface area contributed by atoms with Crippen molar-refractivity contribution in [2.45, 2.75) is 64.5 Å². The van der Waals surface area contributed by atoms with Gasteiger partial charge in [0, 0.05) is 6.54 Å². The van der Waals surface area contributed by atoms with Crippen molar-refractivity contribution < 1.29 is 5.11 Å². The van der Waals surface area contributed by atoms with E-state index < -0.39 is 5.60 Å².